The number of carbonyl (C=O) groups is 2. The number of nitrogens with zero attached hydrogens (tertiary/aromatic N) is 2. The van der Waals surface area contributed by atoms with Crippen molar-refractivity contribution in [3.05, 3.63) is 65.2 Å². The Hall–Kier alpha value is -3.24. The minimum Gasteiger partial charge on any atom is -0.465 e. The van der Waals surface area contributed by atoms with Gasteiger partial charge in [-0.25, -0.2) is 4.79 Å². The largest absolute Gasteiger partial charge is 0.465 e. The number of hydrogen-bond donors (Lipinski definition) is 0. The average molecular weight is 366 g/mol. The fraction of sp³-hybridized carbons (Fsp3) is 0.105. The van der Waals surface area contributed by atoms with Crippen molar-refractivity contribution in [1.29, 1.82) is 5.26 Å². The molecule has 3 rings (SSSR count). The number of ether oxygens (including phenoxy) is 2. The van der Waals surface area contributed by atoms with Gasteiger partial charge in [0.15, 0.2) is 5.57 Å². The van der Waals surface area contributed by atoms with E-state index >= 15 is 0 Å². The Morgan fingerprint density at radius 1 is 1.12 bits per heavy atom. The van der Waals surface area contributed by atoms with Gasteiger partial charge >= 0.3 is 5.97 Å². The number of carbonyl (C=O) groups excluding carboxylic acids is 2. The van der Waals surface area contributed by atoms with Crippen molar-refractivity contribution in [1.82, 2.24) is 0 Å². The van der Waals surface area contributed by atoms with E-state index in [0.717, 1.165) is 11.8 Å². The molecule has 0 bridgehead atoms. The van der Waals surface area contributed by atoms with Gasteiger partial charge in [0, 0.05) is 5.69 Å². The lowest BCUT2D eigenvalue weighted by Gasteiger charge is -2.18. The molecule has 26 heavy (non-hydrogen) atoms. The van der Waals surface area contributed by atoms with Gasteiger partial charge in [-0.1, -0.05) is 30.0 Å². The second kappa shape index (κ2) is 7.76. The molecule has 0 aromatic heterocycles. The topological polar surface area (TPSA) is 79.6 Å². The van der Waals surface area contributed by atoms with Crippen molar-refractivity contribution in [3.8, 4) is 17.6 Å². The van der Waals surface area contributed by atoms with Crippen LogP contribution in [0.4, 0.5) is 5.69 Å². The van der Waals surface area contributed by atoms with Crippen molar-refractivity contribution in [2.75, 3.05) is 17.8 Å². The van der Waals surface area contributed by atoms with Crippen LogP contribution >= 0.6 is 11.8 Å². The van der Waals surface area contributed by atoms with Gasteiger partial charge in [0.25, 0.3) is 0 Å². The van der Waals surface area contributed by atoms with Crippen LogP contribution in [-0.4, -0.2) is 24.7 Å². The van der Waals surface area contributed by atoms with E-state index in [1.807, 2.05) is 36.4 Å². The van der Waals surface area contributed by atoms with Gasteiger partial charge in [-0.3, -0.25) is 9.69 Å². The number of methoxy groups -OCH3 is 1. The molecule has 1 amide bonds. The predicted molar refractivity (Wildman–Crippen MR) is 97.6 cm³/mol. The quantitative estimate of drug-likeness (QED) is 0.468. The molecule has 2 aromatic carbocycles. The summed E-state index contributed by atoms with van der Waals surface area (Å²) in [4.78, 5) is 25.4. The van der Waals surface area contributed by atoms with Gasteiger partial charge < -0.3 is 9.47 Å². The van der Waals surface area contributed by atoms with E-state index in [4.69, 9.17) is 4.74 Å². The maximum Gasteiger partial charge on any atom is 0.351 e. The highest BCUT2D eigenvalue weighted by Gasteiger charge is 2.33. The van der Waals surface area contributed by atoms with Gasteiger partial charge in [0.2, 0.25) is 5.91 Å². The van der Waals surface area contributed by atoms with E-state index in [1.165, 1.54) is 12.0 Å². The lowest BCUT2D eigenvalue weighted by molar-refractivity contribution is -0.135. The zero-order valence-corrected chi connectivity index (χ0v) is 14.7. The highest BCUT2D eigenvalue weighted by atomic mass is 32.2. The zero-order valence-electron chi connectivity index (χ0n) is 13.8. The summed E-state index contributed by atoms with van der Waals surface area (Å²) in [6.45, 7) is 0. The van der Waals surface area contributed by atoms with E-state index in [-0.39, 0.29) is 22.3 Å². The lowest BCUT2D eigenvalue weighted by atomic mass is 10.2. The van der Waals surface area contributed by atoms with E-state index in [1.54, 1.807) is 24.3 Å². The maximum atomic E-state index is 12.3. The maximum absolute atomic E-state index is 12.3. The van der Waals surface area contributed by atoms with Crippen molar-refractivity contribution in [3.63, 3.8) is 0 Å². The standard InChI is InChI=1S/C19H14N2O4S/c1-24-19(23)16(11-20)18-21(17(22)12-26-18)13-7-9-15(10-8-13)25-14-5-3-2-4-6-14/h2-10H,12H2,1H3. The van der Waals surface area contributed by atoms with Crippen molar-refractivity contribution < 1.29 is 19.1 Å². The fourth-order valence-corrected chi connectivity index (χ4v) is 3.39. The highest BCUT2D eigenvalue weighted by Crippen LogP contribution is 2.37. The molecular weight excluding hydrogens is 352 g/mol. The van der Waals surface area contributed by atoms with E-state index < -0.39 is 5.97 Å². The third-order valence-corrected chi connectivity index (χ3v) is 4.63. The molecule has 1 aliphatic heterocycles. The third kappa shape index (κ3) is 3.55. The van der Waals surface area contributed by atoms with Crippen molar-refractivity contribution >= 4 is 29.3 Å². The fourth-order valence-electron chi connectivity index (χ4n) is 2.39. The van der Waals surface area contributed by atoms with E-state index in [9.17, 15) is 14.9 Å². The van der Waals surface area contributed by atoms with Crippen LogP contribution in [0.3, 0.4) is 0 Å². The molecule has 0 saturated carbocycles. The van der Waals surface area contributed by atoms with Gasteiger partial charge in [-0.15, -0.1) is 0 Å². The number of thioether (sulfide) groups is 1. The van der Waals surface area contributed by atoms with E-state index in [2.05, 4.69) is 4.74 Å². The zero-order chi connectivity index (χ0) is 18.5. The number of rotatable bonds is 4. The molecule has 7 heteroatoms. The SMILES string of the molecule is COC(=O)C(C#N)=C1SCC(=O)N1c1ccc(Oc2ccccc2)cc1. The molecule has 1 heterocycles. The summed E-state index contributed by atoms with van der Waals surface area (Å²) in [5.41, 5.74) is 0.361. The summed E-state index contributed by atoms with van der Waals surface area (Å²) < 4.78 is 10.4. The summed E-state index contributed by atoms with van der Waals surface area (Å²) >= 11 is 1.14. The van der Waals surface area contributed by atoms with Crippen LogP contribution in [0, 0.1) is 11.3 Å². The minimum absolute atomic E-state index is 0.153. The summed E-state index contributed by atoms with van der Waals surface area (Å²) in [6, 6.07) is 18.0. The smallest absolute Gasteiger partial charge is 0.351 e. The number of para-hydroxylation sites is 1. The van der Waals surface area contributed by atoms with Crippen LogP contribution in [0.25, 0.3) is 0 Å². The van der Waals surface area contributed by atoms with Crippen molar-refractivity contribution in [2.45, 2.75) is 0 Å². The van der Waals surface area contributed by atoms with Crippen molar-refractivity contribution in [2.24, 2.45) is 0 Å². The van der Waals surface area contributed by atoms with E-state index in [0.29, 0.717) is 17.2 Å². The normalized spacial score (nSPS) is 15.4. The first-order valence-corrected chi connectivity index (χ1v) is 8.64. The molecular formula is C19H14N2O4S. The summed E-state index contributed by atoms with van der Waals surface area (Å²) in [5.74, 6) is 0.487. The monoisotopic (exact) mass is 366 g/mol. The molecule has 1 saturated heterocycles. The number of benzene rings is 2. The molecule has 6 nitrogen and oxygen atoms in total. The predicted octanol–water partition coefficient (Wildman–Crippen LogP) is 3.47. The van der Waals surface area contributed by atoms with Crippen LogP contribution < -0.4 is 9.64 Å². The Bertz CT molecular complexity index is 901. The molecule has 1 fully saturated rings. The number of nitriles is 1. The van der Waals surface area contributed by atoms with Crippen LogP contribution in [-0.2, 0) is 14.3 Å². The second-order valence-electron chi connectivity index (χ2n) is 5.21. The Morgan fingerprint density at radius 3 is 2.38 bits per heavy atom. The summed E-state index contributed by atoms with van der Waals surface area (Å²) in [7, 11) is 1.20. The Morgan fingerprint density at radius 2 is 1.77 bits per heavy atom. The van der Waals surface area contributed by atoms with Crippen LogP contribution in [0.2, 0.25) is 0 Å². The number of hydrogen-bond acceptors (Lipinski definition) is 6. The number of amides is 1. The van der Waals surface area contributed by atoms with Gasteiger partial charge in [0.05, 0.1) is 12.9 Å². The Labute approximate surface area is 154 Å². The van der Waals surface area contributed by atoms with Crippen LogP contribution in [0.1, 0.15) is 0 Å². The molecule has 0 unspecified atom stereocenters. The number of esters is 1. The highest BCUT2D eigenvalue weighted by molar-refractivity contribution is 8.04. The molecule has 0 aliphatic carbocycles. The third-order valence-electron chi connectivity index (χ3n) is 3.57. The molecule has 2 aromatic rings. The molecule has 0 N–H and O–H groups in total. The Kier molecular flexibility index (Phi) is 5.25. The van der Waals surface area contributed by atoms with Crippen LogP contribution in [0.15, 0.2) is 65.2 Å². The molecule has 130 valence electrons. The summed E-state index contributed by atoms with van der Waals surface area (Å²) in [5, 5.41) is 9.55. The first kappa shape index (κ1) is 17.6. The van der Waals surface area contributed by atoms with Gasteiger partial charge in [-0.05, 0) is 36.4 Å². The Balaban J connectivity index is 1.89. The minimum atomic E-state index is -0.765. The molecule has 1 aliphatic rings. The molecule has 0 spiro atoms. The van der Waals surface area contributed by atoms with Gasteiger partial charge in [-0.2, -0.15) is 5.26 Å². The molecule has 0 radical (unpaired) electrons. The molecule has 0 atom stereocenters. The lowest BCUT2D eigenvalue weighted by Crippen LogP contribution is -2.25. The second-order valence-corrected chi connectivity index (χ2v) is 6.17. The van der Waals surface area contributed by atoms with Crippen LogP contribution in [0.5, 0.6) is 11.5 Å². The average Bonchev–Trinajstić information content (AvgIpc) is 3.05. The first-order chi connectivity index (χ1) is 12.6. The summed E-state index contributed by atoms with van der Waals surface area (Å²) in [6.07, 6.45) is 0. The van der Waals surface area contributed by atoms with Gasteiger partial charge in [0.1, 0.15) is 22.6 Å². The number of anilines is 1. The first-order valence-electron chi connectivity index (χ1n) is 7.65.